The summed E-state index contributed by atoms with van der Waals surface area (Å²) >= 11 is 11.7. The van der Waals surface area contributed by atoms with Crippen LogP contribution in [0, 0.1) is 0 Å². The van der Waals surface area contributed by atoms with Gasteiger partial charge in [0.1, 0.15) is 4.90 Å². The third-order valence-corrected chi connectivity index (χ3v) is 5.78. The van der Waals surface area contributed by atoms with Gasteiger partial charge in [0.15, 0.2) is 0 Å². The van der Waals surface area contributed by atoms with Crippen molar-refractivity contribution in [2.75, 3.05) is 0 Å². The zero-order valence-electron chi connectivity index (χ0n) is 11.4. The Labute approximate surface area is 133 Å². The molecule has 1 aliphatic rings. The van der Waals surface area contributed by atoms with E-state index >= 15 is 0 Å². The molecule has 0 unspecified atom stereocenters. The molecule has 1 aromatic carbocycles. The Hall–Kier alpha value is -0.820. The highest BCUT2D eigenvalue weighted by Crippen LogP contribution is 2.35. The first-order chi connectivity index (χ1) is 9.68. The van der Waals surface area contributed by atoms with Crippen LogP contribution in [0.15, 0.2) is 17.0 Å². The minimum atomic E-state index is -4.05. The number of carbonyl (C=O) groups excluding carboxylic acids is 1. The van der Waals surface area contributed by atoms with E-state index in [1.807, 2.05) is 6.92 Å². The van der Waals surface area contributed by atoms with Crippen molar-refractivity contribution in [2.24, 2.45) is 5.14 Å². The van der Waals surface area contributed by atoms with Crippen LogP contribution in [0.4, 0.5) is 0 Å². The zero-order chi connectivity index (χ0) is 15.8. The summed E-state index contributed by atoms with van der Waals surface area (Å²) in [6.45, 7) is 2.00. The summed E-state index contributed by atoms with van der Waals surface area (Å²) in [5.41, 5.74) is -0.0709. The lowest BCUT2D eigenvalue weighted by Crippen LogP contribution is -2.53. The molecule has 0 spiro atoms. The van der Waals surface area contributed by atoms with Gasteiger partial charge < -0.3 is 5.32 Å². The highest BCUT2D eigenvalue weighted by molar-refractivity contribution is 7.89. The number of amides is 1. The lowest BCUT2D eigenvalue weighted by molar-refractivity contribution is 0.0820. The average Bonchev–Trinajstić information content (AvgIpc) is 2.35. The number of hydrogen-bond donors (Lipinski definition) is 2. The first-order valence-corrected chi connectivity index (χ1v) is 8.83. The lowest BCUT2D eigenvalue weighted by Gasteiger charge is -2.42. The summed E-state index contributed by atoms with van der Waals surface area (Å²) < 4.78 is 23.0. The Morgan fingerprint density at radius 3 is 2.43 bits per heavy atom. The molecule has 2 rings (SSSR count). The third-order valence-electron chi connectivity index (χ3n) is 3.93. The monoisotopic (exact) mass is 350 g/mol. The third kappa shape index (κ3) is 3.34. The van der Waals surface area contributed by atoms with Gasteiger partial charge in [-0.15, -0.1) is 0 Å². The van der Waals surface area contributed by atoms with Crippen LogP contribution >= 0.6 is 23.2 Å². The van der Waals surface area contributed by atoms with Crippen LogP contribution in [0.1, 0.15) is 43.0 Å². The predicted octanol–water partition coefficient (Wildman–Crippen LogP) is 2.70. The van der Waals surface area contributed by atoms with Crippen molar-refractivity contribution in [3.8, 4) is 0 Å². The molecule has 1 fully saturated rings. The van der Waals surface area contributed by atoms with Crippen LogP contribution in [0.3, 0.4) is 0 Å². The van der Waals surface area contributed by atoms with E-state index in [0.29, 0.717) is 0 Å². The number of sulfonamides is 1. The summed E-state index contributed by atoms with van der Waals surface area (Å²) in [7, 11) is -4.05. The molecule has 1 saturated carbocycles. The van der Waals surface area contributed by atoms with E-state index in [1.165, 1.54) is 6.07 Å². The summed E-state index contributed by atoms with van der Waals surface area (Å²) in [6.07, 6.45) is 3.72. The van der Waals surface area contributed by atoms with Gasteiger partial charge in [-0.3, -0.25) is 4.79 Å². The van der Waals surface area contributed by atoms with Crippen LogP contribution < -0.4 is 10.5 Å². The molecule has 5 nitrogen and oxygen atoms in total. The largest absolute Gasteiger partial charge is 0.347 e. The Bertz CT molecular complexity index is 679. The molecule has 1 aromatic rings. The fourth-order valence-electron chi connectivity index (χ4n) is 2.39. The van der Waals surface area contributed by atoms with Crippen molar-refractivity contribution in [3.05, 3.63) is 27.7 Å². The smallest absolute Gasteiger partial charge is 0.251 e. The highest BCUT2D eigenvalue weighted by atomic mass is 35.5. The van der Waals surface area contributed by atoms with Crippen LogP contribution in [-0.2, 0) is 10.0 Å². The van der Waals surface area contributed by atoms with E-state index in [0.717, 1.165) is 31.7 Å². The summed E-state index contributed by atoms with van der Waals surface area (Å²) in [6, 6.07) is 2.50. The van der Waals surface area contributed by atoms with Crippen molar-refractivity contribution in [2.45, 2.75) is 43.0 Å². The molecule has 0 heterocycles. The Kier molecular flexibility index (Phi) is 4.54. The van der Waals surface area contributed by atoms with Crippen LogP contribution in [0.5, 0.6) is 0 Å². The van der Waals surface area contributed by atoms with Gasteiger partial charge in [-0.25, -0.2) is 13.6 Å². The number of nitrogens with one attached hydrogen (secondary N) is 1. The standard InChI is InChI=1S/C13H16Cl2N2O3S/c1-2-13(4-3-5-13)17-12(18)8-6-9(14)11(15)10(7-8)21(16,19)20/h6-7H,2-5H2,1H3,(H,17,18)(H2,16,19,20). The summed E-state index contributed by atoms with van der Waals surface area (Å²) in [5.74, 6) is -0.375. The number of halogens is 2. The van der Waals surface area contributed by atoms with Crippen LogP contribution in [0.2, 0.25) is 10.0 Å². The molecule has 0 aromatic heterocycles. The normalized spacial score (nSPS) is 17.1. The van der Waals surface area contributed by atoms with Crippen LogP contribution in [-0.4, -0.2) is 19.9 Å². The van der Waals surface area contributed by atoms with Crippen molar-refractivity contribution < 1.29 is 13.2 Å². The molecule has 21 heavy (non-hydrogen) atoms. The molecule has 1 amide bonds. The van der Waals surface area contributed by atoms with Crippen molar-refractivity contribution in [1.29, 1.82) is 0 Å². The predicted molar refractivity (Wildman–Crippen MR) is 82.2 cm³/mol. The van der Waals surface area contributed by atoms with Crippen molar-refractivity contribution in [1.82, 2.24) is 5.32 Å². The Morgan fingerprint density at radius 2 is 2.00 bits per heavy atom. The maximum atomic E-state index is 12.3. The van der Waals surface area contributed by atoms with Gasteiger partial charge in [0.25, 0.3) is 5.91 Å². The summed E-state index contributed by atoms with van der Waals surface area (Å²) in [4.78, 5) is 12.0. The van der Waals surface area contributed by atoms with Gasteiger partial charge in [0, 0.05) is 11.1 Å². The van der Waals surface area contributed by atoms with Gasteiger partial charge in [-0.2, -0.15) is 0 Å². The molecule has 116 valence electrons. The van der Waals surface area contributed by atoms with Gasteiger partial charge in [0.2, 0.25) is 10.0 Å². The topological polar surface area (TPSA) is 89.3 Å². The van der Waals surface area contributed by atoms with Gasteiger partial charge in [-0.05, 0) is 37.8 Å². The highest BCUT2D eigenvalue weighted by Gasteiger charge is 2.36. The minimum Gasteiger partial charge on any atom is -0.347 e. The Morgan fingerprint density at radius 1 is 1.38 bits per heavy atom. The fraction of sp³-hybridized carbons (Fsp3) is 0.462. The molecule has 0 radical (unpaired) electrons. The molecule has 3 N–H and O–H groups in total. The number of rotatable bonds is 4. The quantitative estimate of drug-likeness (QED) is 0.874. The second-order valence-corrected chi connectivity index (χ2v) is 7.57. The van der Waals surface area contributed by atoms with E-state index < -0.39 is 10.0 Å². The molecule has 0 atom stereocenters. The van der Waals surface area contributed by atoms with Crippen molar-refractivity contribution >= 4 is 39.1 Å². The zero-order valence-corrected chi connectivity index (χ0v) is 13.8. The molecule has 1 aliphatic carbocycles. The van der Waals surface area contributed by atoms with Crippen LogP contribution in [0.25, 0.3) is 0 Å². The van der Waals surface area contributed by atoms with E-state index in [1.54, 1.807) is 0 Å². The first-order valence-electron chi connectivity index (χ1n) is 6.53. The second kappa shape index (κ2) is 5.76. The lowest BCUT2D eigenvalue weighted by atomic mass is 9.74. The second-order valence-electron chi connectivity index (χ2n) is 5.26. The summed E-state index contributed by atoms with van der Waals surface area (Å²) in [5, 5.41) is 7.83. The van der Waals surface area contributed by atoms with E-state index in [-0.39, 0.29) is 32.0 Å². The number of nitrogens with two attached hydrogens (primary N) is 1. The van der Waals surface area contributed by atoms with E-state index in [2.05, 4.69) is 5.32 Å². The number of benzene rings is 1. The first kappa shape index (κ1) is 16.5. The van der Waals surface area contributed by atoms with E-state index in [9.17, 15) is 13.2 Å². The molecule has 8 heteroatoms. The SMILES string of the molecule is CCC1(NC(=O)c2cc(Cl)c(Cl)c(S(N)(=O)=O)c2)CCC1. The molecule has 0 aliphatic heterocycles. The van der Waals surface area contributed by atoms with Crippen molar-refractivity contribution in [3.63, 3.8) is 0 Å². The molecular formula is C13H16Cl2N2O3S. The minimum absolute atomic E-state index is 0.0208. The molecular weight excluding hydrogens is 335 g/mol. The maximum absolute atomic E-state index is 12.3. The number of primary sulfonamides is 1. The van der Waals surface area contributed by atoms with Gasteiger partial charge >= 0.3 is 0 Å². The average molecular weight is 351 g/mol. The number of hydrogen-bond acceptors (Lipinski definition) is 3. The molecule has 0 saturated heterocycles. The van der Waals surface area contributed by atoms with Gasteiger partial charge in [0.05, 0.1) is 10.0 Å². The van der Waals surface area contributed by atoms with E-state index in [4.69, 9.17) is 28.3 Å². The van der Waals surface area contributed by atoms with Gasteiger partial charge in [-0.1, -0.05) is 30.1 Å². The number of carbonyl (C=O) groups is 1. The Balaban J connectivity index is 2.36. The maximum Gasteiger partial charge on any atom is 0.251 e. The fourth-order valence-corrected chi connectivity index (χ4v) is 3.74. The molecule has 0 bridgehead atoms.